The van der Waals surface area contributed by atoms with E-state index < -0.39 is 0 Å². The van der Waals surface area contributed by atoms with Gasteiger partial charge in [0.15, 0.2) is 10.2 Å². The number of thiazole rings is 1. The highest BCUT2D eigenvalue weighted by atomic mass is 32.2. The highest BCUT2D eigenvalue weighted by Gasteiger charge is 2.12. The van der Waals surface area contributed by atoms with E-state index in [4.69, 9.17) is 4.52 Å². The Morgan fingerprint density at radius 2 is 1.97 bits per heavy atom. The Morgan fingerprint density at radius 3 is 2.81 bits per heavy atom. The number of rotatable bonds is 8. The van der Waals surface area contributed by atoms with Gasteiger partial charge in [-0.3, -0.25) is 4.79 Å². The van der Waals surface area contributed by atoms with Gasteiger partial charge < -0.3 is 9.84 Å². The summed E-state index contributed by atoms with van der Waals surface area (Å²) in [6, 6.07) is 16.1. The van der Waals surface area contributed by atoms with Crippen LogP contribution >= 0.6 is 23.1 Å². The van der Waals surface area contributed by atoms with Gasteiger partial charge in [-0.05, 0) is 31.0 Å². The van der Waals surface area contributed by atoms with Crippen LogP contribution in [0.15, 0.2) is 62.8 Å². The maximum Gasteiger partial charge on any atom is 0.227 e. The fraction of sp³-hybridized carbons (Fsp3) is 0.217. The monoisotopic (exact) mass is 450 g/mol. The highest BCUT2D eigenvalue weighted by molar-refractivity contribution is 8.00. The standard InChI is InChI=1S/C23H22N4O2S2/c1-15-8-9-16(2)18(12-15)24-21(28)10-11-22-26-20(27-29-22)14-31-23-25-19(13-30-23)17-6-4-3-5-7-17/h3-9,12-13H,10-11,14H2,1-2H3,(H,24,28). The van der Waals surface area contributed by atoms with E-state index in [2.05, 4.69) is 20.4 Å². The molecular formula is C23H22N4O2S2. The third-order valence-electron chi connectivity index (χ3n) is 4.62. The number of benzene rings is 2. The summed E-state index contributed by atoms with van der Waals surface area (Å²) in [7, 11) is 0. The van der Waals surface area contributed by atoms with E-state index in [0.29, 0.717) is 23.9 Å². The molecule has 4 rings (SSSR count). The molecule has 0 aliphatic rings. The van der Waals surface area contributed by atoms with Gasteiger partial charge in [-0.2, -0.15) is 4.98 Å². The zero-order chi connectivity index (χ0) is 21.6. The molecule has 4 aromatic rings. The molecule has 0 saturated carbocycles. The van der Waals surface area contributed by atoms with E-state index in [9.17, 15) is 4.79 Å². The zero-order valence-electron chi connectivity index (χ0n) is 17.3. The molecule has 0 saturated heterocycles. The molecule has 31 heavy (non-hydrogen) atoms. The number of aryl methyl sites for hydroxylation is 3. The number of hydrogen-bond acceptors (Lipinski definition) is 7. The molecule has 8 heteroatoms. The zero-order valence-corrected chi connectivity index (χ0v) is 18.9. The number of carbonyl (C=O) groups is 1. The van der Waals surface area contributed by atoms with Crippen molar-refractivity contribution in [2.24, 2.45) is 0 Å². The first kappa shape index (κ1) is 21.3. The van der Waals surface area contributed by atoms with Crippen molar-refractivity contribution in [3.05, 3.63) is 76.8 Å². The van der Waals surface area contributed by atoms with Gasteiger partial charge in [-0.15, -0.1) is 11.3 Å². The SMILES string of the molecule is Cc1ccc(C)c(NC(=O)CCc2nc(CSc3nc(-c4ccccc4)cs3)no2)c1. The van der Waals surface area contributed by atoms with E-state index >= 15 is 0 Å². The summed E-state index contributed by atoms with van der Waals surface area (Å²) < 4.78 is 6.26. The van der Waals surface area contributed by atoms with Crippen LogP contribution in [0.3, 0.4) is 0 Å². The Kier molecular flexibility index (Phi) is 6.79. The average molecular weight is 451 g/mol. The minimum Gasteiger partial charge on any atom is -0.339 e. The number of thioether (sulfide) groups is 1. The Bertz CT molecular complexity index is 1170. The van der Waals surface area contributed by atoms with Crippen molar-refractivity contribution in [1.82, 2.24) is 15.1 Å². The summed E-state index contributed by atoms with van der Waals surface area (Å²) in [6.07, 6.45) is 0.693. The number of amides is 1. The van der Waals surface area contributed by atoms with E-state index in [1.807, 2.05) is 67.8 Å². The Hall–Kier alpha value is -2.97. The molecule has 2 aromatic carbocycles. The third kappa shape index (κ3) is 5.80. The quantitative estimate of drug-likeness (QED) is 0.348. The van der Waals surface area contributed by atoms with Gasteiger partial charge in [0.25, 0.3) is 0 Å². The Labute approximate surface area is 189 Å². The van der Waals surface area contributed by atoms with Gasteiger partial charge >= 0.3 is 0 Å². The first-order valence-corrected chi connectivity index (χ1v) is 11.8. The summed E-state index contributed by atoms with van der Waals surface area (Å²) in [5, 5.41) is 9.02. The lowest BCUT2D eigenvalue weighted by Crippen LogP contribution is -2.13. The van der Waals surface area contributed by atoms with Gasteiger partial charge in [-0.1, -0.05) is 59.4 Å². The van der Waals surface area contributed by atoms with E-state index in [1.54, 1.807) is 23.1 Å². The fourth-order valence-electron chi connectivity index (χ4n) is 2.95. The van der Waals surface area contributed by atoms with Crippen molar-refractivity contribution in [3.8, 4) is 11.3 Å². The highest BCUT2D eigenvalue weighted by Crippen LogP contribution is 2.29. The van der Waals surface area contributed by atoms with Crippen LogP contribution in [0.25, 0.3) is 11.3 Å². The van der Waals surface area contributed by atoms with Crippen molar-refractivity contribution in [2.75, 3.05) is 5.32 Å². The smallest absolute Gasteiger partial charge is 0.227 e. The summed E-state index contributed by atoms with van der Waals surface area (Å²) in [4.78, 5) is 21.3. The van der Waals surface area contributed by atoms with Gasteiger partial charge in [0.1, 0.15) is 0 Å². The number of nitrogens with zero attached hydrogens (tertiary/aromatic N) is 3. The molecule has 0 aliphatic heterocycles. The molecule has 1 N–H and O–H groups in total. The van der Waals surface area contributed by atoms with Crippen LogP contribution in [-0.4, -0.2) is 21.0 Å². The van der Waals surface area contributed by atoms with Crippen LogP contribution in [0.2, 0.25) is 0 Å². The van der Waals surface area contributed by atoms with Crippen LogP contribution in [-0.2, 0) is 17.0 Å². The molecule has 0 fully saturated rings. The third-order valence-corrected chi connectivity index (χ3v) is 6.64. The Morgan fingerprint density at radius 1 is 1.13 bits per heavy atom. The summed E-state index contributed by atoms with van der Waals surface area (Å²) in [5.41, 5.74) is 5.05. The minimum atomic E-state index is -0.0703. The lowest BCUT2D eigenvalue weighted by molar-refractivity contribution is -0.116. The van der Waals surface area contributed by atoms with Crippen molar-refractivity contribution >= 4 is 34.7 Å². The molecular weight excluding hydrogens is 428 g/mol. The molecule has 158 valence electrons. The molecule has 0 unspecified atom stereocenters. The molecule has 2 heterocycles. The van der Waals surface area contributed by atoms with Gasteiger partial charge in [0.05, 0.1) is 11.4 Å². The second kappa shape index (κ2) is 9.89. The molecule has 1 amide bonds. The number of nitrogens with one attached hydrogen (secondary N) is 1. The predicted molar refractivity (Wildman–Crippen MR) is 124 cm³/mol. The molecule has 0 spiro atoms. The van der Waals surface area contributed by atoms with Crippen LogP contribution in [0.4, 0.5) is 5.69 Å². The second-order valence-electron chi connectivity index (χ2n) is 7.12. The van der Waals surface area contributed by atoms with Crippen LogP contribution in [0.5, 0.6) is 0 Å². The van der Waals surface area contributed by atoms with Gasteiger partial charge in [0, 0.05) is 29.5 Å². The summed E-state index contributed by atoms with van der Waals surface area (Å²) in [5.74, 6) is 1.57. The van der Waals surface area contributed by atoms with Crippen molar-refractivity contribution in [1.29, 1.82) is 0 Å². The lowest BCUT2D eigenvalue weighted by atomic mass is 10.1. The minimum absolute atomic E-state index is 0.0703. The fourth-order valence-corrected chi connectivity index (χ4v) is 4.62. The maximum absolute atomic E-state index is 12.3. The molecule has 6 nitrogen and oxygen atoms in total. The maximum atomic E-state index is 12.3. The molecule has 0 atom stereocenters. The number of hydrogen-bond donors (Lipinski definition) is 1. The van der Waals surface area contributed by atoms with Gasteiger partial charge in [-0.25, -0.2) is 4.98 Å². The summed E-state index contributed by atoms with van der Waals surface area (Å²) in [6.45, 7) is 3.98. The summed E-state index contributed by atoms with van der Waals surface area (Å²) >= 11 is 3.17. The van der Waals surface area contributed by atoms with E-state index in [1.165, 1.54) is 0 Å². The number of anilines is 1. The molecule has 0 bridgehead atoms. The van der Waals surface area contributed by atoms with Crippen LogP contribution in [0, 0.1) is 13.8 Å². The van der Waals surface area contributed by atoms with Crippen LogP contribution < -0.4 is 5.32 Å². The lowest BCUT2D eigenvalue weighted by Gasteiger charge is -2.08. The number of aromatic nitrogens is 3. The van der Waals surface area contributed by atoms with Gasteiger partial charge in [0.2, 0.25) is 11.8 Å². The largest absolute Gasteiger partial charge is 0.339 e. The Balaban J connectivity index is 1.26. The topological polar surface area (TPSA) is 80.9 Å². The number of carbonyl (C=O) groups excluding carboxylic acids is 1. The molecule has 0 radical (unpaired) electrons. The predicted octanol–water partition coefficient (Wildman–Crippen LogP) is 5.67. The van der Waals surface area contributed by atoms with Crippen molar-refractivity contribution in [3.63, 3.8) is 0 Å². The molecule has 0 aliphatic carbocycles. The first-order valence-electron chi connectivity index (χ1n) is 9.89. The van der Waals surface area contributed by atoms with E-state index in [0.717, 1.165) is 32.4 Å². The van der Waals surface area contributed by atoms with Crippen molar-refractivity contribution in [2.45, 2.75) is 36.8 Å². The van der Waals surface area contributed by atoms with Crippen molar-refractivity contribution < 1.29 is 9.32 Å². The first-order chi connectivity index (χ1) is 15.1. The average Bonchev–Trinajstić information content (AvgIpc) is 3.43. The van der Waals surface area contributed by atoms with E-state index in [-0.39, 0.29) is 12.3 Å². The normalized spacial score (nSPS) is 10.9. The van der Waals surface area contributed by atoms with Crippen LogP contribution in [0.1, 0.15) is 29.3 Å². The molecule has 2 aromatic heterocycles. The second-order valence-corrected chi connectivity index (χ2v) is 9.20.